The summed E-state index contributed by atoms with van der Waals surface area (Å²) >= 11 is 0. The lowest BCUT2D eigenvalue weighted by Crippen LogP contribution is -2.50. The predicted molar refractivity (Wildman–Crippen MR) is 143 cm³/mol. The molecule has 0 saturated heterocycles. The van der Waals surface area contributed by atoms with Crippen LogP contribution in [0.4, 0.5) is 0 Å². The lowest BCUT2D eigenvalue weighted by Gasteiger charge is -2.42. The van der Waals surface area contributed by atoms with Crippen molar-refractivity contribution >= 4 is 34.2 Å². The van der Waals surface area contributed by atoms with E-state index in [4.69, 9.17) is 0 Å². The molecule has 2 atom stereocenters. The second kappa shape index (κ2) is 9.30. The Hall–Kier alpha value is -3.71. The fourth-order valence-electron chi connectivity index (χ4n) is 6.37. The number of benzene rings is 2. The van der Waals surface area contributed by atoms with E-state index in [2.05, 4.69) is 40.4 Å². The van der Waals surface area contributed by atoms with Crippen LogP contribution in [0.1, 0.15) is 52.1 Å². The van der Waals surface area contributed by atoms with Crippen molar-refractivity contribution in [1.82, 2.24) is 19.7 Å². The molecular formula is C30H32N4O3. The summed E-state index contributed by atoms with van der Waals surface area (Å²) < 4.78 is 0. The monoisotopic (exact) mass is 496 g/mol. The van der Waals surface area contributed by atoms with Crippen LogP contribution in [-0.2, 0) is 11.2 Å². The zero-order valence-corrected chi connectivity index (χ0v) is 21.4. The standard InChI is InChI=1S/C30H32N4O3/c1-3-32(4-2)28(35)20-15-24-21-11-7-12-25-27(21)19(17-31-25)16-26(24)33(18-20)13-8-14-34-29(36)22-9-5-6-10-23(22)30(34)37/h5-7,9-12,15,17,20,26,31H,3-4,8,13-14,16,18H2,1-2H3/t20?,26-/m1/s1. The number of aromatic nitrogens is 1. The molecule has 3 aromatic rings. The third kappa shape index (κ3) is 3.80. The van der Waals surface area contributed by atoms with Crippen molar-refractivity contribution in [3.8, 4) is 0 Å². The fourth-order valence-corrected chi connectivity index (χ4v) is 6.37. The first-order chi connectivity index (χ1) is 18.0. The molecular weight excluding hydrogens is 464 g/mol. The number of nitrogens with one attached hydrogen (secondary N) is 1. The smallest absolute Gasteiger partial charge is 0.261 e. The average molecular weight is 497 g/mol. The van der Waals surface area contributed by atoms with Crippen molar-refractivity contribution in [2.24, 2.45) is 5.92 Å². The van der Waals surface area contributed by atoms with Gasteiger partial charge in [-0.2, -0.15) is 0 Å². The molecule has 3 amide bonds. The van der Waals surface area contributed by atoms with Crippen LogP contribution in [0.5, 0.6) is 0 Å². The maximum atomic E-state index is 13.5. The van der Waals surface area contributed by atoms with Gasteiger partial charge in [0.05, 0.1) is 17.0 Å². The van der Waals surface area contributed by atoms with E-state index < -0.39 is 0 Å². The summed E-state index contributed by atoms with van der Waals surface area (Å²) in [5.41, 5.74) is 5.82. The Morgan fingerprint density at radius 1 is 0.973 bits per heavy atom. The fraction of sp³-hybridized carbons (Fsp3) is 0.367. The lowest BCUT2D eigenvalue weighted by molar-refractivity contribution is -0.134. The van der Waals surface area contributed by atoms with Gasteiger partial charge in [-0.3, -0.25) is 24.2 Å². The molecule has 0 saturated carbocycles. The van der Waals surface area contributed by atoms with Gasteiger partial charge in [-0.1, -0.05) is 30.3 Å². The summed E-state index contributed by atoms with van der Waals surface area (Å²) in [7, 11) is 0. The molecule has 2 aliphatic heterocycles. The Morgan fingerprint density at radius 2 is 1.68 bits per heavy atom. The molecule has 1 unspecified atom stereocenters. The number of hydrogen-bond acceptors (Lipinski definition) is 4. The Kier molecular flexibility index (Phi) is 5.95. The van der Waals surface area contributed by atoms with Gasteiger partial charge in [0.2, 0.25) is 5.91 Å². The molecule has 7 nitrogen and oxygen atoms in total. The first kappa shape index (κ1) is 23.7. The number of aromatic amines is 1. The molecule has 1 N–H and O–H groups in total. The number of rotatable bonds is 7. The first-order valence-electron chi connectivity index (χ1n) is 13.3. The highest BCUT2D eigenvalue weighted by Crippen LogP contribution is 2.41. The van der Waals surface area contributed by atoms with E-state index in [1.165, 1.54) is 27.0 Å². The van der Waals surface area contributed by atoms with Crippen molar-refractivity contribution in [1.29, 1.82) is 0 Å². The third-order valence-corrected chi connectivity index (χ3v) is 8.22. The van der Waals surface area contributed by atoms with E-state index in [0.717, 1.165) is 11.9 Å². The van der Waals surface area contributed by atoms with Gasteiger partial charge >= 0.3 is 0 Å². The number of H-pyrrole nitrogens is 1. The highest BCUT2D eigenvalue weighted by molar-refractivity contribution is 6.21. The summed E-state index contributed by atoms with van der Waals surface area (Å²) in [6, 6.07) is 13.5. The van der Waals surface area contributed by atoms with Gasteiger partial charge in [0, 0.05) is 55.9 Å². The average Bonchev–Trinajstić information content (AvgIpc) is 3.45. The van der Waals surface area contributed by atoms with Crippen molar-refractivity contribution in [2.45, 2.75) is 32.7 Å². The van der Waals surface area contributed by atoms with Gasteiger partial charge in [0.1, 0.15) is 0 Å². The highest BCUT2D eigenvalue weighted by atomic mass is 16.2. The molecule has 0 fully saturated rings. The molecule has 1 aromatic heterocycles. The Balaban J connectivity index is 1.26. The molecule has 37 heavy (non-hydrogen) atoms. The molecule has 6 rings (SSSR count). The SMILES string of the molecule is CCN(CC)C(=O)C1C=C2c3cccc4[nH]cc(c34)C[C@H]2N(CCCN2C(=O)c3ccccc3C2=O)C1. The lowest BCUT2D eigenvalue weighted by atomic mass is 9.79. The maximum Gasteiger partial charge on any atom is 0.261 e. The van der Waals surface area contributed by atoms with Crippen LogP contribution in [0.25, 0.3) is 16.5 Å². The minimum atomic E-state index is -0.221. The number of carbonyl (C=O) groups excluding carboxylic acids is 3. The highest BCUT2D eigenvalue weighted by Gasteiger charge is 2.39. The summed E-state index contributed by atoms with van der Waals surface area (Å²) in [5.74, 6) is -0.485. The van der Waals surface area contributed by atoms with Gasteiger partial charge in [0.15, 0.2) is 0 Å². The minimum absolute atomic E-state index is 0.160. The zero-order valence-electron chi connectivity index (χ0n) is 21.4. The summed E-state index contributed by atoms with van der Waals surface area (Å²) in [4.78, 5) is 48.2. The number of fused-ring (bicyclic) bond motifs is 3. The Bertz CT molecular complexity index is 1400. The van der Waals surface area contributed by atoms with Crippen LogP contribution in [-0.4, -0.2) is 76.2 Å². The van der Waals surface area contributed by atoms with E-state index in [1.807, 2.05) is 18.7 Å². The van der Waals surface area contributed by atoms with Gasteiger partial charge in [-0.15, -0.1) is 0 Å². The van der Waals surface area contributed by atoms with Gasteiger partial charge in [-0.05, 0) is 61.6 Å². The van der Waals surface area contributed by atoms with Crippen LogP contribution in [0.3, 0.4) is 0 Å². The van der Waals surface area contributed by atoms with Crippen molar-refractivity contribution < 1.29 is 14.4 Å². The maximum absolute atomic E-state index is 13.5. The molecule has 0 spiro atoms. The molecule has 1 aliphatic carbocycles. The molecule has 3 heterocycles. The van der Waals surface area contributed by atoms with Crippen LogP contribution < -0.4 is 0 Å². The van der Waals surface area contributed by atoms with Gasteiger partial charge in [0.25, 0.3) is 11.8 Å². The zero-order chi connectivity index (χ0) is 25.7. The molecule has 0 radical (unpaired) electrons. The minimum Gasteiger partial charge on any atom is -0.361 e. The van der Waals surface area contributed by atoms with Gasteiger partial charge in [-0.25, -0.2) is 0 Å². The molecule has 7 heteroatoms. The van der Waals surface area contributed by atoms with E-state index in [1.54, 1.807) is 24.3 Å². The largest absolute Gasteiger partial charge is 0.361 e. The summed E-state index contributed by atoms with van der Waals surface area (Å²) in [5, 5.41) is 1.26. The number of hydrogen-bond donors (Lipinski definition) is 1. The molecule has 2 aromatic carbocycles. The number of carbonyl (C=O) groups is 3. The van der Waals surface area contributed by atoms with E-state index in [9.17, 15) is 14.4 Å². The van der Waals surface area contributed by atoms with Crippen molar-refractivity contribution in [2.75, 3.05) is 32.7 Å². The molecule has 3 aliphatic rings. The topological polar surface area (TPSA) is 76.7 Å². The van der Waals surface area contributed by atoms with E-state index in [-0.39, 0.29) is 29.7 Å². The number of nitrogens with zero attached hydrogens (tertiary/aromatic N) is 3. The summed E-state index contributed by atoms with van der Waals surface area (Å²) in [6.07, 6.45) is 5.85. The first-order valence-corrected chi connectivity index (χ1v) is 13.3. The number of amides is 3. The number of imide groups is 1. The van der Waals surface area contributed by atoms with Crippen LogP contribution >= 0.6 is 0 Å². The van der Waals surface area contributed by atoms with Crippen LogP contribution in [0.15, 0.2) is 54.7 Å². The summed E-state index contributed by atoms with van der Waals surface area (Å²) in [6.45, 7) is 7.13. The van der Waals surface area contributed by atoms with Crippen LogP contribution in [0.2, 0.25) is 0 Å². The molecule has 0 bridgehead atoms. The Morgan fingerprint density at radius 3 is 2.38 bits per heavy atom. The normalized spacial score (nSPS) is 20.7. The Labute approximate surface area is 216 Å². The third-order valence-electron chi connectivity index (χ3n) is 8.22. The van der Waals surface area contributed by atoms with E-state index in [0.29, 0.717) is 50.3 Å². The van der Waals surface area contributed by atoms with Crippen molar-refractivity contribution in [3.63, 3.8) is 0 Å². The second-order valence-electron chi connectivity index (χ2n) is 10.2. The predicted octanol–water partition coefficient (Wildman–Crippen LogP) is 3.96. The van der Waals surface area contributed by atoms with Crippen LogP contribution in [0, 0.1) is 5.92 Å². The van der Waals surface area contributed by atoms with Crippen molar-refractivity contribution in [3.05, 3.63) is 77.0 Å². The van der Waals surface area contributed by atoms with E-state index >= 15 is 0 Å². The van der Waals surface area contributed by atoms with Gasteiger partial charge < -0.3 is 9.88 Å². The quantitative estimate of drug-likeness (QED) is 0.503. The second-order valence-corrected chi connectivity index (χ2v) is 10.2. The molecule has 190 valence electrons.